The first-order chi connectivity index (χ1) is 9.94. The van der Waals surface area contributed by atoms with E-state index >= 15 is 0 Å². The first-order valence-electron chi connectivity index (χ1n) is 6.89. The molecule has 1 unspecified atom stereocenters. The Morgan fingerprint density at radius 2 is 2.29 bits per heavy atom. The van der Waals surface area contributed by atoms with E-state index in [2.05, 4.69) is 15.0 Å². The Balaban J connectivity index is 1.85. The molecule has 0 bridgehead atoms. The molecule has 0 saturated heterocycles. The zero-order valence-electron chi connectivity index (χ0n) is 12.3. The van der Waals surface area contributed by atoms with Gasteiger partial charge in [0.2, 0.25) is 0 Å². The number of hydrogen-bond acceptors (Lipinski definition) is 4. The smallest absolute Gasteiger partial charge is 0.411 e. The van der Waals surface area contributed by atoms with Gasteiger partial charge in [-0.2, -0.15) is 0 Å². The fourth-order valence-corrected chi connectivity index (χ4v) is 2.32. The number of nitrogens with one attached hydrogen (secondary N) is 1. The van der Waals surface area contributed by atoms with E-state index in [0.29, 0.717) is 6.54 Å². The van der Waals surface area contributed by atoms with Crippen LogP contribution >= 0.6 is 0 Å². The van der Waals surface area contributed by atoms with Gasteiger partial charge >= 0.3 is 6.09 Å². The van der Waals surface area contributed by atoms with Crippen molar-refractivity contribution in [3.63, 3.8) is 0 Å². The van der Waals surface area contributed by atoms with E-state index < -0.39 is 5.60 Å². The van der Waals surface area contributed by atoms with Crippen molar-refractivity contribution in [2.45, 2.75) is 32.4 Å². The molecule has 1 amide bonds. The van der Waals surface area contributed by atoms with Crippen LogP contribution in [0.25, 0.3) is 11.4 Å². The fraction of sp³-hybridized carbons (Fsp3) is 0.400. The predicted octanol–water partition coefficient (Wildman–Crippen LogP) is 2.76. The van der Waals surface area contributed by atoms with Crippen molar-refractivity contribution in [1.29, 1.82) is 0 Å². The van der Waals surface area contributed by atoms with Crippen LogP contribution in [0.15, 0.2) is 30.7 Å². The first kappa shape index (κ1) is 13.6. The summed E-state index contributed by atoms with van der Waals surface area (Å²) in [5, 5.41) is 0. The molecule has 0 saturated carbocycles. The topological polar surface area (TPSA) is 71.1 Å². The molecule has 0 aliphatic carbocycles. The number of aromatic nitrogens is 3. The summed E-state index contributed by atoms with van der Waals surface area (Å²) in [6.45, 7) is 6.11. The van der Waals surface area contributed by atoms with E-state index in [1.165, 1.54) is 0 Å². The Bertz CT molecular complexity index is 626. The van der Waals surface area contributed by atoms with Gasteiger partial charge in [-0.05, 0) is 26.8 Å². The molecule has 3 rings (SSSR count). The first-order valence-corrected chi connectivity index (χ1v) is 6.89. The minimum Gasteiger partial charge on any atom is -0.444 e. The van der Waals surface area contributed by atoms with Crippen LogP contribution in [0.3, 0.4) is 0 Å². The number of amides is 1. The molecule has 21 heavy (non-hydrogen) atoms. The van der Waals surface area contributed by atoms with Gasteiger partial charge < -0.3 is 9.72 Å². The number of fused-ring (bicyclic) bond motifs is 1. The number of hydrogen-bond donors (Lipinski definition) is 1. The molecule has 1 atom stereocenters. The highest BCUT2D eigenvalue weighted by atomic mass is 16.6. The number of aromatic amines is 1. The maximum atomic E-state index is 12.3. The van der Waals surface area contributed by atoms with Gasteiger partial charge in [0, 0.05) is 18.3 Å². The molecule has 6 heteroatoms. The van der Waals surface area contributed by atoms with Crippen molar-refractivity contribution in [1.82, 2.24) is 19.9 Å². The molecule has 0 radical (unpaired) electrons. The second-order valence-corrected chi connectivity index (χ2v) is 6.04. The van der Waals surface area contributed by atoms with Crippen LogP contribution in [0.5, 0.6) is 0 Å². The van der Waals surface area contributed by atoms with Crippen LogP contribution in [-0.2, 0) is 4.74 Å². The highest BCUT2D eigenvalue weighted by Crippen LogP contribution is 2.31. The zero-order valence-corrected chi connectivity index (χ0v) is 12.3. The third-order valence-corrected chi connectivity index (χ3v) is 3.19. The Morgan fingerprint density at radius 3 is 3.00 bits per heavy atom. The highest BCUT2D eigenvalue weighted by molar-refractivity contribution is 5.70. The van der Waals surface area contributed by atoms with Gasteiger partial charge in [-0.3, -0.25) is 4.90 Å². The molecule has 3 aliphatic heterocycles. The molecular weight excluding hydrogens is 268 g/mol. The van der Waals surface area contributed by atoms with Gasteiger partial charge in [-0.25, -0.2) is 14.8 Å². The number of carbonyl (C=O) groups is 1. The van der Waals surface area contributed by atoms with E-state index in [-0.39, 0.29) is 12.1 Å². The maximum Gasteiger partial charge on any atom is 0.411 e. The van der Waals surface area contributed by atoms with Gasteiger partial charge in [0.25, 0.3) is 0 Å². The molecule has 3 heterocycles. The molecule has 6 nitrogen and oxygen atoms in total. The molecule has 0 aromatic rings. The summed E-state index contributed by atoms with van der Waals surface area (Å²) in [4.78, 5) is 25.5. The Kier molecular flexibility index (Phi) is 3.16. The summed E-state index contributed by atoms with van der Waals surface area (Å²) in [5.74, 6) is 0.768. The number of ether oxygens (including phenoxy) is 1. The summed E-state index contributed by atoms with van der Waals surface area (Å²) < 4.78 is 5.45. The lowest BCUT2D eigenvalue weighted by atomic mass is 10.2. The molecular formula is C15H18N4O2. The minimum atomic E-state index is -0.508. The summed E-state index contributed by atoms with van der Waals surface area (Å²) in [7, 11) is 0. The molecule has 0 spiro atoms. The number of rotatable bonds is 1. The fourth-order valence-electron chi connectivity index (χ4n) is 2.32. The molecule has 110 valence electrons. The quantitative estimate of drug-likeness (QED) is 0.818. The van der Waals surface area contributed by atoms with Crippen LogP contribution in [0, 0.1) is 0 Å². The highest BCUT2D eigenvalue weighted by Gasteiger charge is 2.32. The van der Waals surface area contributed by atoms with Crippen LogP contribution in [0.2, 0.25) is 0 Å². The summed E-state index contributed by atoms with van der Waals surface area (Å²) >= 11 is 0. The van der Waals surface area contributed by atoms with E-state index in [1.54, 1.807) is 17.4 Å². The average Bonchev–Trinajstić information content (AvgIpc) is 3.02. The van der Waals surface area contributed by atoms with Crippen molar-refractivity contribution < 1.29 is 9.53 Å². The predicted molar refractivity (Wildman–Crippen MR) is 77.8 cm³/mol. The molecule has 0 fully saturated rings. The van der Waals surface area contributed by atoms with Crippen LogP contribution < -0.4 is 0 Å². The third-order valence-electron chi connectivity index (χ3n) is 3.19. The summed E-state index contributed by atoms with van der Waals surface area (Å²) in [6.07, 6.45) is 6.94. The largest absolute Gasteiger partial charge is 0.444 e. The summed E-state index contributed by atoms with van der Waals surface area (Å²) in [5.41, 5.74) is 1.23. The van der Waals surface area contributed by atoms with Gasteiger partial charge in [0.15, 0.2) is 0 Å². The second kappa shape index (κ2) is 4.87. The third kappa shape index (κ3) is 2.74. The monoisotopic (exact) mass is 286 g/mol. The summed E-state index contributed by atoms with van der Waals surface area (Å²) in [6, 6.07) is 1.75. The van der Waals surface area contributed by atoms with Crippen LogP contribution in [-0.4, -0.2) is 38.1 Å². The van der Waals surface area contributed by atoms with Crippen molar-refractivity contribution in [3.05, 3.63) is 36.4 Å². The van der Waals surface area contributed by atoms with E-state index in [9.17, 15) is 4.79 Å². The van der Waals surface area contributed by atoms with E-state index in [4.69, 9.17) is 4.74 Å². The van der Waals surface area contributed by atoms with Crippen molar-refractivity contribution in [2.24, 2.45) is 0 Å². The van der Waals surface area contributed by atoms with Crippen molar-refractivity contribution in [2.75, 3.05) is 6.54 Å². The second-order valence-electron chi connectivity index (χ2n) is 6.04. The Labute approximate surface area is 123 Å². The lowest BCUT2D eigenvalue weighted by Gasteiger charge is -2.27. The Hall–Kier alpha value is -2.37. The lowest BCUT2D eigenvalue weighted by Crippen LogP contribution is -2.36. The van der Waals surface area contributed by atoms with Crippen molar-refractivity contribution in [3.8, 4) is 11.4 Å². The van der Waals surface area contributed by atoms with Gasteiger partial charge in [-0.15, -0.1) is 0 Å². The van der Waals surface area contributed by atoms with Crippen LogP contribution in [0.1, 0.15) is 32.5 Å². The maximum absolute atomic E-state index is 12.3. The van der Waals surface area contributed by atoms with E-state index in [0.717, 1.165) is 17.1 Å². The lowest BCUT2D eigenvalue weighted by molar-refractivity contribution is 0.0238. The van der Waals surface area contributed by atoms with Gasteiger partial charge in [0.05, 0.1) is 18.1 Å². The molecule has 3 aliphatic rings. The van der Waals surface area contributed by atoms with E-state index in [1.807, 2.05) is 39.0 Å². The molecule has 0 aromatic carbocycles. The van der Waals surface area contributed by atoms with Crippen LogP contribution in [0.4, 0.5) is 4.79 Å². The Morgan fingerprint density at radius 1 is 1.48 bits per heavy atom. The number of carbonyl (C=O) groups excluding carboxylic acids is 1. The number of nitrogens with zero attached hydrogens (tertiary/aromatic N) is 3. The molecule has 0 aromatic heterocycles. The van der Waals surface area contributed by atoms with Crippen molar-refractivity contribution >= 4 is 6.09 Å². The van der Waals surface area contributed by atoms with Gasteiger partial charge in [-0.1, -0.05) is 12.2 Å². The normalized spacial score (nSPS) is 18.4. The van der Waals surface area contributed by atoms with Gasteiger partial charge in [0.1, 0.15) is 11.4 Å². The SMILES string of the molecule is CC(C)(C)OC(=O)N1CC=CC1c1cc2cnc[nH]c-2n1. The zero-order chi connectivity index (χ0) is 15.0. The molecule has 1 N–H and O–H groups in total. The number of H-pyrrole nitrogens is 1. The standard InChI is InChI=1S/C15H18N4O2/c1-15(2,3)21-14(20)19-6-4-5-12(19)11-7-10-8-16-9-17-13(10)18-11/h4-5,7-9,12H,6H2,1-3H3,(H,16,17,18). The average molecular weight is 286 g/mol. The minimum absolute atomic E-state index is 0.194.